The number of aromatic nitrogens is 3. The van der Waals surface area contributed by atoms with E-state index in [2.05, 4.69) is 20.1 Å². The fourth-order valence-electron chi connectivity index (χ4n) is 4.00. The van der Waals surface area contributed by atoms with Gasteiger partial charge in [-0.2, -0.15) is 0 Å². The van der Waals surface area contributed by atoms with Crippen LogP contribution in [0, 0.1) is 0 Å². The van der Waals surface area contributed by atoms with Crippen LogP contribution < -0.4 is 10.1 Å². The highest BCUT2D eigenvalue weighted by atomic mass is 32.2. The fraction of sp³-hybridized carbons (Fsp3) is 0.400. The second-order valence-corrected chi connectivity index (χ2v) is 9.54. The van der Waals surface area contributed by atoms with Crippen molar-refractivity contribution in [1.29, 1.82) is 0 Å². The number of nitrogens with one attached hydrogen (secondary N) is 1. The van der Waals surface area contributed by atoms with E-state index in [0.717, 1.165) is 60.1 Å². The van der Waals surface area contributed by atoms with E-state index in [1.807, 2.05) is 54.6 Å². The maximum Gasteiger partial charge on any atom is 0.238 e. The summed E-state index contributed by atoms with van der Waals surface area (Å²) in [6, 6.07) is 18.0. The van der Waals surface area contributed by atoms with E-state index >= 15 is 0 Å². The molecule has 1 saturated carbocycles. The molecule has 2 aromatic carbocycles. The van der Waals surface area contributed by atoms with Crippen molar-refractivity contribution >= 4 is 17.7 Å². The quantitative estimate of drug-likeness (QED) is 0.477. The van der Waals surface area contributed by atoms with Gasteiger partial charge in [-0.1, -0.05) is 42.1 Å². The number of rotatable bonds is 9. The maximum atomic E-state index is 13.2. The highest BCUT2D eigenvalue weighted by Gasteiger charge is 2.31. The first-order valence-electron chi connectivity index (χ1n) is 11.4. The number of methoxy groups -OCH3 is 1. The van der Waals surface area contributed by atoms with Gasteiger partial charge in [-0.05, 0) is 55.5 Å². The molecule has 2 unspecified atom stereocenters. The molecule has 7 nitrogen and oxygen atoms in total. The number of benzene rings is 2. The summed E-state index contributed by atoms with van der Waals surface area (Å²) in [6.07, 6.45) is 4.29. The van der Waals surface area contributed by atoms with Crippen molar-refractivity contribution in [1.82, 2.24) is 20.1 Å². The molecule has 1 saturated heterocycles. The zero-order valence-electron chi connectivity index (χ0n) is 18.6. The van der Waals surface area contributed by atoms with Crippen LogP contribution in [0.15, 0.2) is 59.8 Å². The van der Waals surface area contributed by atoms with Crippen LogP contribution in [0.1, 0.15) is 36.5 Å². The first-order valence-corrected chi connectivity index (χ1v) is 12.3. The maximum absolute atomic E-state index is 13.2. The minimum absolute atomic E-state index is 0.0198. The lowest BCUT2D eigenvalue weighted by atomic mass is 10.1. The van der Waals surface area contributed by atoms with Gasteiger partial charge in [0.2, 0.25) is 5.91 Å². The lowest BCUT2D eigenvalue weighted by Gasteiger charge is -2.19. The molecule has 5 rings (SSSR count). The van der Waals surface area contributed by atoms with Gasteiger partial charge in [0.1, 0.15) is 11.0 Å². The third-order valence-electron chi connectivity index (χ3n) is 5.96. The Balaban J connectivity index is 1.48. The molecule has 0 radical (unpaired) electrons. The molecule has 2 heterocycles. The van der Waals surface area contributed by atoms with E-state index in [1.54, 1.807) is 7.11 Å². The molecule has 1 N–H and O–H groups in total. The molecule has 2 atom stereocenters. The van der Waals surface area contributed by atoms with Crippen molar-refractivity contribution < 1.29 is 14.3 Å². The van der Waals surface area contributed by atoms with Gasteiger partial charge in [-0.25, -0.2) is 0 Å². The minimum Gasteiger partial charge on any atom is -0.497 e. The van der Waals surface area contributed by atoms with Crippen LogP contribution in [0.5, 0.6) is 5.75 Å². The van der Waals surface area contributed by atoms with Gasteiger partial charge in [0.15, 0.2) is 11.0 Å². The van der Waals surface area contributed by atoms with Crippen LogP contribution in [0.4, 0.5) is 0 Å². The number of carbonyl (C=O) groups excluding carboxylic acids is 1. The van der Waals surface area contributed by atoms with Gasteiger partial charge in [0.05, 0.1) is 19.8 Å². The molecule has 0 spiro atoms. The van der Waals surface area contributed by atoms with Crippen molar-refractivity contribution in [3.05, 3.63) is 60.2 Å². The van der Waals surface area contributed by atoms with Crippen molar-refractivity contribution in [2.24, 2.45) is 0 Å². The Kier molecular flexibility index (Phi) is 6.64. The minimum atomic E-state index is -0.400. The van der Waals surface area contributed by atoms with Gasteiger partial charge in [-0.3, -0.25) is 9.36 Å². The highest BCUT2D eigenvalue weighted by molar-refractivity contribution is 8.00. The van der Waals surface area contributed by atoms with Crippen LogP contribution >= 0.6 is 11.8 Å². The molecule has 8 heteroatoms. The Morgan fingerprint density at radius 2 is 1.94 bits per heavy atom. The predicted octanol–water partition coefficient (Wildman–Crippen LogP) is 4.24. The summed E-state index contributed by atoms with van der Waals surface area (Å²) in [5.41, 5.74) is 1.91. The average molecular weight is 465 g/mol. The van der Waals surface area contributed by atoms with E-state index in [0.29, 0.717) is 12.6 Å². The lowest BCUT2D eigenvalue weighted by molar-refractivity contribution is -0.120. The highest BCUT2D eigenvalue weighted by Crippen LogP contribution is 2.37. The Labute approximate surface area is 197 Å². The van der Waals surface area contributed by atoms with E-state index in [4.69, 9.17) is 9.47 Å². The number of ether oxygens (including phenoxy) is 2. The Morgan fingerprint density at radius 3 is 2.61 bits per heavy atom. The molecule has 1 aromatic heterocycles. The Morgan fingerprint density at radius 1 is 1.15 bits per heavy atom. The molecular formula is C25H28N4O3S. The summed E-state index contributed by atoms with van der Waals surface area (Å²) < 4.78 is 13.3. The second-order valence-electron chi connectivity index (χ2n) is 8.47. The number of hydrogen-bond acceptors (Lipinski definition) is 6. The summed E-state index contributed by atoms with van der Waals surface area (Å²) in [5.74, 6) is 1.58. The third-order valence-corrected chi connectivity index (χ3v) is 7.20. The molecule has 1 aliphatic heterocycles. The summed E-state index contributed by atoms with van der Waals surface area (Å²) in [5, 5.41) is 12.5. The fourth-order valence-corrected chi connectivity index (χ4v) is 5.05. The molecule has 2 aliphatic rings. The Hall–Kier alpha value is -2.84. The van der Waals surface area contributed by atoms with Crippen LogP contribution in [-0.2, 0) is 16.1 Å². The molecule has 3 aromatic rings. The Bertz CT molecular complexity index is 1080. The van der Waals surface area contributed by atoms with Gasteiger partial charge in [-0.15, -0.1) is 10.2 Å². The van der Waals surface area contributed by atoms with Gasteiger partial charge in [0, 0.05) is 18.2 Å². The second kappa shape index (κ2) is 9.97. The smallest absolute Gasteiger partial charge is 0.238 e. The van der Waals surface area contributed by atoms with Crippen molar-refractivity contribution in [3.63, 3.8) is 0 Å². The summed E-state index contributed by atoms with van der Waals surface area (Å²) >= 11 is 1.45. The molecule has 2 fully saturated rings. The van der Waals surface area contributed by atoms with Crippen LogP contribution in [0.25, 0.3) is 11.4 Å². The zero-order valence-corrected chi connectivity index (χ0v) is 19.5. The molecule has 1 amide bonds. The van der Waals surface area contributed by atoms with Crippen LogP contribution in [-0.4, -0.2) is 46.5 Å². The third kappa shape index (κ3) is 5.23. The van der Waals surface area contributed by atoms with E-state index in [1.165, 1.54) is 11.8 Å². The van der Waals surface area contributed by atoms with E-state index < -0.39 is 5.25 Å². The van der Waals surface area contributed by atoms with E-state index in [9.17, 15) is 4.79 Å². The summed E-state index contributed by atoms with van der Waals surface area (Å²) in [6.45, 7) is 1.44. The first kappa shape index (κ1) is 22.0. The number of nitrogens with zero attached hydrogens (tertiary/aromatic N) is 3. The average Bonchev–Trinajstić information content (AvgIpc) is 3.35. The first-order chi connectivity index (χ1) is 16.2. The number of thioether (sulfide) groups is 1. The number of carbonyl (C=O) groups is 1. The van der Waals surface area contributed by atoms with Gasteiger partial charge < -0.3 is 14.8 Å². The predicted molar refractivity (Wildman–Crippen MR) is 127 cm³/mol. The zero-order chi connectivity index (χ0) is 22.6. The van der Waals surface area contributed by atoms with Crippen molar-refractivity contribution in [2.45, 2.75) is 54.8 Å². The van der Waals surface area contributed by atoms with Gasteiger partial charge in [0.25, 0.3) is 0 Å². The molecule has 172 valence electrons. The van der Waals surface area contributed by atoms with Crippen LogP contribution in [0.2, 0.25) is 0 Å². The van der Waals surface area contributed by atoms with Gasteiger partial charge >= 0.3 is 0 Å². The van der Waals surface area contributed by atoms with Crippen LogP contribution in [0.3, 0.4) is 0 Å². The van der Waals surface area contributed by atoms with E-state index in [-0.39, 0.29) is 12.0 Å². The number of hydrogen-bond donors (Lipinski definition) is 1. The topological polar surface area (TPSA) is 78.3 Å². The molecule has 1 aliphatic carbocycles. The summed E-state index contributed by atoms with van der Waals surface area (Å²) in [7, 11) is 1.65. The molecule has 33 heavy (non-hydrogen) atoms. The molecular weight excluding hydrogens is 436 g/mol. The SMILES string of the molecule is COc1ccc(-c2nnc(SC(C(=O)NC3CC3)c3ccccc3)n2CC2CCCO2)cc1. The number of amides is 1. The normalized spacial score (nSPS) is 18.8. The van der Waals surface area contributed by atoms with Crippen molar-refractivity contribution in [2.75, 3.05) is 13.7 Å². The standard InChI is InChI=1S/C25H28N4O3S/c1-31-20-13-9-18(10-14-20)23-27-28-25(29(23)16-21-8-5-15-32-21)33-22(17-6-3-2-4-7-17)24(30)26-19-11-12-19/h2-4,6-7,9-10,13-14,19,21-22H,5,8,11-12,15-16H2,1H3,(H,26,30). The molecule has 0 bridgehead atoms. The largest absolute Gasteiger partial charge is 0.497 e. The van der Waals surface area contributed by atoms with Crippen molar-refractivity contribution in [3.8, 4) is 17.1 Å². The monoisotopic (exact) mass is 464 g/mol. The lowest BCUT2D eigenvalue weighted by Crippen LogP contribution is -2.30. The summed E-state index contributed by atoms with van der Waals surface area (Å²) in [4.78, 5) is 13.2.